The number of hydrogen-bond acceptors (Lipinski definition) is 4. The quantitative estimate of drug-likeness (QED) is 0.559. The van der Waals surface area contributed by atoms with Crippen LogP contribution >= 0.6 is 23.5 Å². The minimum absolute atomic E-state index is 0.173. The highest BCUT2D eigenvalue weighted by molar-refractivity contribution is 8.20. The Hall–Kier alpha value is 0.620. The summed E-state index contributed by atoms with van der Waals surface area (Å²) in [7, 11) is 0. The van der Waals surface area contributed by atoms with Gasteiger partial charge in [-0.15, -0.1) is 23.5 Å². The molecular weight excluding hydrogens is 144 g/mol. The monoisotopic (exact) mass is 152 g/mol. The summed E-state index contributed by atoms with van der Waals surface area (Å²) in [5, 5.41) is 17.4. The zero-order valence-electron chi connectivity index (χ0n) is 4.28. The van der Waals surface area contributed by atoms with Crippen molar-refractivity contribution in [2.24, 2.45) is 0 Å². The summed E-state index contributed by atoms with van der Waals surface area (Å²) in [5.41, 5.74) is -0.253. The molecule has 0 bridgehead atoms. The van der Waals surface area contributed by atoms with Gasteiger partial charge in [0.2, 0.25) is 0 Å². The maximum absolute atomic E-state index is 8.86. The van der Waals surface area contributed by atoms with E-state index in [-0.39, 0.29) is 16.6 Å². The molecule has 0 saturated carbocycles. The molecule has 1 fully saturated rings. The first-order valence-electron chi connectivity index (χ1n) is 2.39. The summed E-state index contributed by atoms with van der Waals surface area (Å²) in [5.74, 6) is 0.760. The minimum atomic E-state index is -0.253. The van der Waals surface area contributed by atoms with Crippen LogP contribution in [0.3, 0.4) is 0 Å². The average Bonchev–Trinajstić information content (AvgIpc) is 2.14. The van der Waals surface area contributed by atoms with Gasteiger partial charge in [0, 0.05) is 5.75 Å². The summed E-state index contributed by atoms with van der Waals surface area (Å²) in [6, 6.07) is 0. The standard InChI is InChI=1S/C4H8O2S2/c5-1-4-7-2-3(6)8-4/h3-6H,1-2H2/t3-,4+/m1/s1. The molecule has 0 amide bonds. The average molecular weight is 152 g/mol. The van der Waals surface area contributed by atoms with Crippen LogP contribution in [-0.2, 0) is 0 Å². The van der Waals surface area contributed by atoms with E-state index in [0.717, 1.165) is 5.75 Å². The molecule has 2 atom stereocenters. The molecule has 0 spiro atoms. The molecule has 1 aliphatic rings. The summed E-state index contributed by atoms with van der Waals surface area (Å²) in [4.78, 5) is 0. The van der Waals surface area contributed by atoms with E-state index in [0.29, 0.717) is 0 Å². The van der Waals surface area contributed by atoms with Crippen molar-refractivity contribution in [3.05, 3.63) is 0 Å². The van der Waals surface area contributed by atoms with Gasteiger partial charge >= 0.3 is 0 Å². The van der Waals surface area contributed by atoms with Gasteiger partial charge in [0.25, 0.3) is 0 Å². The van der Waals surface area contributed by atoms with Gasteiger partial charge in [0.1, 0.15) is 5.44 Å². The summed E-state index contributed by atoms with van der Waals surface area (Å²) in [6.07, 6.45) is 0. The highest BCUT2D eigenvalue weighted by Crippen LogP contribution is 2.35. The number of rotatable bonds is 1. The lowest BCUT2D eigenvalue weighted by Gasteiger charge is -1.99. The lowest BCUT2D eigenvalue weighted by molar-refractivity contribution is 0.288. The van der Waals surface area contributed by atoms with Crippen molar-refractivity contribution in [2.45, 2.75) is 10.0 Å². The Kier molecular flexibility index (Phi) is 2.49. The van der Waals surface area contributed by atoms with E-state index in [1.165, 1.54) is 11.8 Å². The maximum Gasteiger partial charge on any atom is 0.109 e. The van der Waals surface area contributed by atoms with Crippen molar-refractivity contribution in [1.82, 2.24) is 0 Å². The van der Waals surface area contributed by atoms with Crippen molar-refractivity contribution in [1.29, 1.82) is 0 Å². The number of thioether (sulfide) groups is 2. The Morgan fingerprint density at radius 3 is 2.62 bits per heavy atom. The number of hydrogen-bond donors (Lipinski definition) is 2. The van der Waals surface area contributed by atoms with Crippen LogP contribution in [0, 0.1) is 0 Å². The van der Waals surface area contributed by atoms with Crippen molar-refractivity contribution < 1.29 is 10.2 Å². The van der Waals surface area contributed by atoms with Crippen molar-refractivity contribution in [3.8, 4) is 0 Å². The van der Waals surface area contributed by atoms with E-state index < -0.39 is 0 Å². The lowest BCUT2D eigenvalue weighted by Crippen LogP contribution is -1.99. The van der Waals surface area contributed by atoms with E-state index in [1.54, 1.807) is 11.8 Å². The zero-order chi connectivity index (χ0) is 5.98. The molecule has 1 saturated heterocycles. The van der Waals surface area contributed by atoms with Crippen LogP contribution in [-0.4, -0.2) is 32.6 Å². The molecule has 0 aliphatic carbocycles. The summed E-state index contributed by atoms with van der Waals surface area (Å²) >= 11 is 3.05. The van der Waals surface area contributed by atoms with Gasteiger partial charge in [-0.05, 0) is 0 Å². The molecule has 4 heteroatoms. The summed E-state index contributed by atoms with van der Waals surface area (Å²) < 4.78 is 0.213. The first-order chi connectivity index (χ1) is 3.83. The Balaban J connectivity index is 2.22. The molecule has 0 aromatic carbocycles. The van der Waals surface area contributed by atoms with E-state index in [4.69, 9.17) is 10.2 Å². The lowest BCUT2D eigenvalue weighted by atomic mass is 10.9. The fourth-order valence-electron chi connectivity index (χ4n) is 0.539. The van der Waals surface area contributed by atoms with Gasteiger partial charge in [0.15, 0.2) is 0 Å². The number of aliphatic hydroxyl groups is 2. The Labute approximate surface area is 56.7 Å². The fraction of sp³-hybridized carbons (Fsp3) is 1.00. The number of aliphatic hydroxyl groups excluding tert-OH is 2. The molecule has 48 valence electrons. The molecule has 1 rings (SSSR count). The van der Waals surface area contributed by atoms with Crippen LogP contribution in [0.1, 0.15) is 0 Å². The predicted molar refractivity (Wildman–Crippen MR) is 36.9 cm³/mol. The third-order valence-electron chi connectivity index (χ3n) is 0.883. The second kappa shape index (κ2) is 2.96. The molecule has 0 aromatic heterocycles. The Bertz CT molecular complexity index is 78.4. The minimum Gasteiger partial charge on any atom is -0.394 e. The predicted octanol–water partition coefficient (Wildman–Crippen LogP) is 0.103. The fourth-order valence-corrected chi connectivity index (χ4v) is 2.95. The molecule has 2 N–H and O–H groups in total. The van der Waals surface area contributed by atoms with Crippen molar-refractivity contribution in [2.75, 3.05) is 12.4 Å². The van der Waals surface area contributed by atoms with Gasteiger partial charge in [0.05, 0.1) is 11.2 Å². The van der Waals surface area contributed by atoms with E-state index in [1.807, 2.05) is 0 Å². The van der Waals surface area contributed by atoms with Crippen LogP contribution in [0.4, 0.5) is 0 Å². The normalized spacial score (nSPS) is 38.2. The Morgan fingerprint density at radius 1 is 1.62 bits per heavy atom. The molecular formula is C4H8O2S2. The van der Waals surface area contributed by atoms with E-state index >= 15 is 0 Å². The molecule has 8 heavy (non-hydrogen) atoms. The molecule has 0 radical (unpaired) electrons. The van der Waals surface area contributed by atoms with Crippen molar-refractivity contribution in [3.63, 3.8) is 0 Å². The van der Waals surface area contributed by atoms with Crippen LogP contribution in [0.15, 0.2) is 0 Å². The van der Waals surface area contributed by atoms with Crippen LogP contribution in [0.25, 0.3) is 0 Å². The molecule has 0 unspecified atom stereocenters. The van der Waals surface area contributed by atoms with Crippen molar-refractivity contribution >= 4 is 23.5 Å². The molecule has 1 aliphatic heterocycles. The molecule has 1 heterocycles. The van der Waals surface area contributed by atoms with Crippen LogP contribution < -0.4 is 0 Å². The highest BCUT2D eigenvalue weighted by Gasteiger charge is 2.22. The Morgan fingerprint density at radius 2 is 2.38 bits per heavy atom. The zero-order valence-corrected chi connectivity index (χ0v) is 5.91. The van der Waals surface area contributed by atoms with Gasteiger partial charge in [-0.25, -0.2) is 0 Å². The third kappa shape index (κ3) is 1.55. The van der Waals surface area contributed by atoms with Gasteiger partial charge in [-0.3, -0.25) is 0 Å². The first-order valence-corrected chi connectivity index (χ1v) is 4.38. The maximum atomic E-state index is 8.86. The van der Waals surface area contributed by atoms with Gasteiger partial charge < -0.3 is 10.2 Å². The van der Waals surface area contributed by atoms with Crippen LogP contribution in [0.5, 0.6) is 0 Å². The van der Waals surface area contributed by atoms with E-state index in [2.05, 4.69) is 0 Å². The molecule has 2 nitrogen and oxygen atoms in total. The first kappa shape index (κ1) is 6.74. The van der Waals surface area contributed by atoms with Gasteiger partial charge in [-0.2, -0.15) is 0 Å². The van der Waals surface area contributed by atoms with Gasteiger partial charge in [-0.1, -0.05) is 0 Å². The summed E-state index contributed by atoms with van der Waals surface area (Å²) in [6.45, 7) is 0.173. The SMILES string of the molecule is OC[C@H]1SC[C@H](O)S1. The second-order valence-electron chi connectivity index (χ2n) is 1.54. The molecule has 0 aromatic rings. The second-order valence-corrected chi connectivity index (χ2v) is 4.46. The topological polar surface area (TPSA) is 40.5 Å². The highest BCUT2D eigenvalue weighted by atomic mass is 32.2. The smallest absolute Gasteiger partial charge is 0.109 e. The van der Waals surface area contributed by atoms with E-state index in [9.17, 15) is 0 Å². The largest absolute Gasteiger partial charge is 0.394 e. The third-order valence-corrected chi connectivity index (χ3v) is 3.80. The van der Waals surface area contributed by atoms with Crippen LogP contribution in [0.2, 0.25) is 0 Å².